The molecule has 1 saturated heterocycles. The van der Waals surface area contributed by atoms with Gasteiger partial charge < -0.3 is 10.8 Å². The third kappa shape index (κ3) is 2.91. The maximum Gasteiger partial charge on any atom is 0.136 e. The summed E-state index contributed by atoms with van der Waals surface area (Å²) in [6.45, 7) is 8.30. The monoisotopic (exact) mass is 173 g/mol. The van der Waals surface area contributed by atoms with Crippen LogP contribution in [0, 0.1) is 0 Å². The lowest BCUT2D eigenvalue weighted by molar-refractivity contribution is -0.124. The summed E-state index contributed by atoms with van der Waals surface area (Å²) in [6, 6.07) is 0. The topological polar surface area (TPSA) is 60.6 Å². The molecule has 72 valence electrons. The van der Waals surface area contributed by atoms with Gasteiger partial charge in [0.15, 0.2) is 0 Å². The zero-order chi connectivity index (χ0) is 8.70. The van der Waals surface area contributed by atoms with Crippen LogP contribution >= 0.6 is 0 Å². The molecule has 0 atom stereocenters. The molecule has 0 spiro atoms. The molecule has 3 nitrogen and oxygen atoms in total. The van der Waals surface area contributed by atoms with Gasteiger partial charge in [-0.1, -0.05) is 0 Å². The van der Waals surface area contributed by atoms with E-state index in [9.17, 15) is 4.79 Å². The first-order chi connectivity index (χ1) is 4.81. The molecule has 1 fully saturated rings. The van der Waals surface area contributed by atoms with Gasteiger partial charge in [-0.2, -0.15) is 0 Å². The van der Waals surface area contributed by atoms with Crippen molar-refractivity contribution in [3.05, 3.63) is 0 Å². The number of nitrogens with one attached hydrogen (secondary N) is 1. The molecular formula is C9H19NO2. The molecule has 0 saturated carbocycles. The Morgan fingerprint density at radius 3 is 1.67 bits per heavy atom. The Hall–Kier alpha value is -0.410. The van der Waals surface area contributed by atoms with E-state index in [2.05, 4.69) is 33.0 Å². The first-order valence-electron chi connectivity index (χ1n) is 4.12. The van der Waals surface area contributed by atoms with E-state index in [1.54, 1.807) is 0 Å². The predicted molar refractivity (Wildman–Crippen MR) is 49.1 cm³/mol. The van der Waals surface area contributed by atoms with Gasteiger partial charge in [-0.05, 0) is 27.7 Å². The van der Waals surface area contributed by atoms with Crippen molar-refractivity contribution in [1.29, 1.82) is 0 Å². The molecule has 1 aliphatic heterocycles. The van der Waals surface area contributed by atoms with Crippen LogP contribution in [0.3, 0.4) is 0 Å². The van der Waals surface area contributed by atoms with Gasteiger partial charge in [-0.3, -0.25) is 4.79 Å². The Kier molecular flexibility index (Phi) is 3.04. The number of piperidine rings is 1. The molecule has 1 aliphatic rings. The lowest BCUT2D eigenvalue weighted by atomic mass is 9.82. The molecule has 3 N–H and O–H groups in total. The maximum absolute atomic E-state index is 11.3. The standard InChI is InChI=1S/C9H17NO.H2O/c1-8(2)5-7(11)6-9(3,4)10-8;/h10H,5-6H2,1-4H3;1H2. The summed E-state index contributed by atoms with van der Waals surface area (Å²) in [4.78, 5) is 11.3. The predicted octanol–water partition coefficient (Wildman–Crippen LogP) is 0.671. The van der Waals surface area contributed by atoms with E-state index in [0.29, 0.717) is 18.6 Å². The lowest BCUT2D eigenvalue weighted by Gasteiger charge is -2.41. The van der Waals surface area contributed by atoms with E-state index in [-0.39, 0.29) is 16.6 Å². The van der Waals surface area contributed by atoms with E-state index in [0.717, 1.165) is 0 Å². The number of carbonyl (C=O) groups excluding carboxylic acids is 1. The minimum atomic E-state index is -0.0150. The third-order valence-corrected chi connectivity index (χ3v) is 1.95. The average molecular weight is 173 g/mol. The zero-order valence-electron chi connectivity index (χ0n) is 8.32. The minimum absolute atomic E-state index is 0. The summed E-state index contributed by atoms with van der Waals surface area (Å²) in [6.07, 6.45) is 1.33. The smallest absolute Gasteiger partial charge is 0.136 e. The maximum atomic E-state index is 11.3. The van der Waals surface area contributed by atoms with Crippen LogP contribution in [-0.4, -0.2) is 22.3 Å². The van der Waals surface area contributed by atoms with Crippen molar-refractivity contribution in [1.82, 2.24) is 5.32 Å². The lowest BCUT2D eigenvalue weighted by Crippen LogP contribution is -2.58. The van der Waals surface area contributed by atoms with Crippen molar-refractivity contribution in [3.8, 4) is 0 Å². The number of ketones is 1. The second kappa shape index (κ2) is 3.15. The normalized spacial score (nSPS) is 26.2. The van der Waals surface area contributed by atoms with Crippen molar-refractivity contribution in [2.75, 3.05) is 0 Å². The quantitative estimate of drug-likeness (QED) is 0.585. The highest BCUT2D eigenvalue weighted by Crippen LogP contribution is 2.25. The fourth-order valence-electron chi connectivity index (χ4n) is 2.05. The molecular weight excluding hydrogens is 154 g/mol. The highest BCUT2D eigenvalue weighted by molar-refractivity contribution is 5.81. The molecule has 1 heterocycles. The van der Waals surface area contributed by atoms with Gasteiger partial charge in [0, 0.05) is 23.9 Å². The van der Waals surface area contributed by atoms with Crippen LogP contribution in [0.1, 0.15) is 40.5 Å². The van der Waals surface area contributed by atoms with Crippen LogP contribution < -0.4 is 5.32 Å². The van der Waals surface area contributed by atoms with Gasteiger partial charge in [-0.25, -0.2) is 0 Å². The molecule has 0 aliphatic carbocycles. The summed E-state index contributed by atoms with van der Waals surface area (Å²) >= 11 is 0. The Labute approximate surface area is 73.8 Å². The molecule has 12 heavy (non-hydrogen) atoms. The Bertz CT molecular complexity index is 167. The van der Waals surface area contributed by atoms with E-state index in [1.165, 1.54) is 0 Å². The SMILES string of the molecule is CC1(C)CC(=O)CC(C)(C)N1.O. The molecule has 0 amide bonds. The number of rotatable bonds is 0. The summed E-state index contributed by atoms with van der Waals surface area (Å²) in [5.74, 6) is 0.374. The van der Waals surface area contributed by atoms with Crippen molar-refractivity contribution in [3.63, 3.8) is 0 Å². The van der Waals surface area contributed by atoms with Crippen molar-refractivity contribution in [2.24, 2.45) is 0 Å². The largest absolute Gasteiger partial charge is 0.412 e. The van der Waals surface area contributed by atoms with E-state index in [4.69, 9.17) is 0 Å². The summed E-state index contributed by atoms with van der Waals surface area (Å²) in [5.41, 5.74) is -0.0301. The second-order valence-electron chi connectivity index (χ2n) is 4.78. The van der Waals surface area contributed by atoms with Crippen LogP contribution in [-0.2, 0) is 4.79 Å². The molecule has 0 radical (unpaired) electrons. The molecule has 0 bridgehead atoms. The Morgan fingerprint density at radius 2 is 1.42 bits per heavy atom. The van der Waals surface area contributed by atoms with E-state index in [1.807, 2.05) is 0 Å². The minimum Gasteiger partial charge on any atom is -0.412 e. The zero-order valence-corrected chi connectivity index (χ0v) is 8.32. The second-order valence-corrected chi connectivity index (χ2v) is 4.78. The number of hydrogen-bond acceptors (Lipinski definition) is 2. The summed E-state index contributed by atoms with van der Waals surface area (Å²) in [7, 11) is 0. The Balaban J connectivity index is 0.00000121. The summed E-state index contributed by atoms with van der Waals surface area (Å²) in [5, 5.41) is 3.44. The van der Waals surface area contributed by atoms with E-state index >= 15 is 0 Å². The molecule has 0 aromatic rings. The van der Waals surface area contributed by atoms with Gasteiger partial charge in [0.05, 0.1) is 0 Å². The highest BCUT2D eigenvalue weighted by atomic mass is 16.1. The van der Waals surface area contributed by atoms with Crippen LogP contribution in [0.5, 0.6) is 0 Å². The number of carbonyl (C=O) groups is 1. The fourth-order valence-corrected chi connectivity index (χ4v) is 2.05. The number of Topliss-reactive ketones (excluding diaryl/α,β-unsaturated/α-hetero) is 1. The van der Waals surface area contributed by atoms with Crippen molar-refractivity contribution in [2.45, 2.75) is 51.6 Å². The number of hydrogen-bond donors (Lipinski definition) is 1. The van der Waals surface area contributed by atoms with Crippen LogP contribution in [0.15, 0.2) is 0 Å². The van der Waals surface area contributed by atoms with Crippen LogP contribution in [0.4, 0.5) is 0 Å². The van der Waals surface area contributed by atoms with Crippen LogP contribution in [0.2, 0.25) is 0 Å². The van der Waals surface area contributed by atoms with Crippen molar-refractivity contribution < 1.29 is 10.3 Å². The van der Waals surface area contributed by atoms with Crippen molar-refractivity contribution >= 4 is 5.78 Å². The molecule has 0 aromatic heterocycles. The average Bonchev–Trinajstić information content (AvgIpc) is 1.49. The first kappa shape index (κ1) is 11.6. The van der Waals surface area contributed by atoms with Gasteiger partial charge in [-0.15, -0.1) is 0 Å². The molecule has 1 rings (SSSR count). The molecule has 3 heteroatoms. The molecule has 0 aromatic carbocycles. The summed E-state index contributed by atoms with van der Waals surface area (Å²) < 4.78 is 0. The van der Waals surface area contributed by atoms with Gasteiger partial charge >= 0.3 is 0 Å². The third-order valence-electron chi connectivity index (χ3n) is 1.95. The van der Waals surface area contributed by atoms with Gasteiger partial charge in [0.2, 0.25) is 0 Å². The van der Waals surface area contributed by atoms with Gasteiger partial charge in [0.25, 0.3) is 0 Å². The Morgan fingerprint density at radius 1 is 1.08 bits per heavy atom. The first-order valence-corrected chi connectivity index (χ1v) is 4.12. The van der Waals surface area contributed by atoms with Gasteiger partial charge in [0.1, 0.15) is 5.78 Å². The fraction of sp³-hybridized carbons (Fsp3) is 0.889. The molecule has 0 unspecified atom stereocenters. The van der Waals surface area contributed by atoms with Crippen LogP contribution in [0.25, 0.3) is 0 Å². The highest BCUT2D eigenvalue weighted by Gasteiger charge is 2.36. The van der Waals surface area contributed by atoms with E-state index < -0.39 is 0 Å².